The predicted octanol–water partition coefficient (Wildman–Crippen LogP) is 1.16. The summed E-state index contributed by atoms with van der Waals surface area (Å²) in [7, 11) is 0. The third-order valence-electron chi connectivity index (χ3n) is 3.26. The van der Waals surface area contributed by atoms with Crippen molar-refractivity contribution in [2.45, 2.75) is 31.3 Å². The van der Waals surface area contributed by atoms with Gasteiger partial charge in [0.2, 0.25) is 0 Å². The first-order chi connectivity index (χ1) is 7.93. The van der Waals surface area contributed by atoms with Crippen LogP contribution in [0.2, 0.25) is 0 Å². The van der Waals surface area contributed by atoms with E-state index >= 15 is 0 Å². The van der Waals surface area contributed by atoms with Crippen LogP contribution >= 0.6 is 0 Å². The van der Waals surface area contributed by atoms with E-state index in [1.54, 1.807) is 0 Å². The van der Waals surface area contributed by atoms with Gasteiger partial charge >= 0.3 is 12.1 Å². The molecule has 3 fully saturated rings. The fraction of sp³-hybridized carbons (Fsp3) is 0.600. The molecule has 2 saturated heterocycles. The minimum Gasteiger partial charge on any atom is -0.480 e. The van der Waals surface area contributed by atoms with Crippen molar-refractivity contribution in [1.29, 1.82) is 0 Å². The number of hydrogen-bond acceptors (Lipinski definition) is 2. The molecule has 3 unspecified atom stereocenters. The molecule has 1 aliphatic carbocycles. The van der Waals surface area contributed by atoms with E-state index in [1.165, 1.54) is 0 Å². The summed E-state index contributed by atoms with van der Waals surface area (Å²) in [6, 6.07) is -1.54. The predicted molar refractivity (Wildman–Crippen MR) is 51.6 cm³/mol. The molecule has 3 rings (SSSR count). The van der Waals surface area contributed by atoms with Gasteiger partial charge in [-0.3, -0.25) is 4.90 Å². The van der Waals surface area contributed by atoms with E-state index in [2.05, 4.69) is 0 Å². The number of carbonyl (C=O) groups is 2. The second-order valence-corrected chi connectivity index (χ2v) is 4.04. The minimum absolute atomic E-state index is 0.322. The van der Waals surface area contributed by atoms with Gasteiger partial charge in [0.1, 0.15) is 6.04 Å². The van der Waals surface area contributed by atoms with Gasteiger partial charge in [-0.1, -0.05) is 12.1 Å². The molecule has 0 aromatic carbocycles. The van der Waals surface area contributed by atoms with Crippen molar-refractivity contribution in [3.63, 3.8) is 0 Å². The van der Waals surface area contributed by atoms with Crippen LogP contribution in [-0.4, -0.2) is 39.3 Å². The SMILES string of the molecule is [2H]C([2H])=C1CC2CCC1C(C(=O)O)N2C(=O)O. The number of fused-ring (bicyclic) bond motifs is 3. The highest BCUT2D eigenvalue weighted by Gasteiger charge is 2.49. The molecule has 5 nitrogen and oxygen atoms in total. The van der Waals surface area contributed by atoms with Gasteiger partial charge in [0.05, 0.1) is 2.74 Å². The van der Waals surface area contributed by atoms with Crippen LogP contribution in [0.25, 0.3) is 0 Å². The lowest BCUT2D eigenvalue weighted by molar-refractivity contribution is -0.148. The molecule has 0 aromatic rings. The van der Waals surface area contributed by atoms with E-state index in [0.29, 0.717) is 24.8 Å². The topological polar surface area (TPSA) is 77.8 Å². The normalized spacial score (nSPS) is 35.9. The molecule has 0 radical (unpaired) electrons. The molecule has 1 saturated carbocycles. The Morgan fingerprint density at radius 1 is 1.47 bits per heavy atom. The molecule has 3 atom stereocenters. The number of carboxylic acids is 1. The molecule has 2 heterocycles. The summed E-state index contributed by atoms with van der Waals surface area (Å²) in [5.74, 6) is -1.71. The van der Waals surface area contributed by atoms with Crippen molar-refractivity contribution in [1.82, 2.24) is 4.90 Å². The Morgan fingerprint density at radius 3 is 2.73 bits per heavy atom. The molecular weight excluding hydrogens is 198 g/mol. The fourth-order valence-electron chi connectivity index (χ4n) is 2.63. The van der Waals surface area contributed by atoms with Crippen LogP contribution in [0.4, 0.5) is 4.79 Å². The van der Waals surface area contributed by atoms with Crippen molar-refractivity contribution in [3.05, 3.63) is 12.1 Å². The molecular formula is C10H13NO4. The average molecular weight is 213 g/mol. The van der Waals surface area contributed by atoms with Crippen LogP contribution in [-0.2, 0) is 4.79 Å². The number of aliphatic carboxylic acids is 1. The number of hydrogen-bond donors (Lipinski definition) is 2. The molecule has 2 bridgehead atoms. The maximum absolute atomic E-state index is 11.2. The minimum atomic E-state index is -1.23. The highest BCUT2D eigenvalue weighted by molar-refractivity contribution is 5.81. The number of amides is 1. The molecule has 2 N–H and O–H groups in total. The molecule has 2 aliphatic heterocycles. The quantitative estimate of drug-likeness (QED) is 0.641. The Balaban J connectivity index is 2.42. The zero-order valence-corrected chi connectivity index (χ0v) is 8.01. The number of nitrogens with zero attached hydrogens (tertiary/aromatic N) is 1. The maximum atomic E-state index is 11.2. The van der Waals surface area contributed by atoms with Gasteiger partial charge in [0, 0.05) is 12.0 Å². The van der Waals surface area contributed by atoms with Crippen LogP contribution in [0.5, 0.6) is 0 Å². The molecule has 0 aromatic heterocycles. The Hall–Kier alpha value is -1.52. The average Bonchev–Trinajstić information content (AvgIpc) is 2.27. The Kier molecular flexibility index (Phi) is 1.68. The first-order valence-corrected chi connectivity index (χ1v) is 4.83. The van der Waals surface area contributed by atoms with Gasteiger partial charge in [-0.2, -0.15) is 0 Å². The van der Waals surface area contributed by atoms with E-state index in [0.717, 1.165) is 4.90 Å². The lowest BCUT2D eigenvalue weighted by Crippen LogP contribution is -2.60. The van der Waals surface area contributed by atoms with Gasteiger partial charge in [0.15, 0.2) is 0 Å². The Morgan fingerprint density at radius 2 is 2.20 bits per heavy atom. The van der Waals surface area contributed by atoms with Crippen LogP contribution in [0.3, 0.4) is 0 Å². The van der Waals surface area contributed by atoms with E-state index in [4.69, 9.17) is 13.0 Å². The lowest BCUT2D eigenvalue weighted by atomic mass is 9.72. The summed E-state index contributed by atoms with van der Waals surface area (Å²) in [4.78, 5) is 23.2. The van der Waals surface area contributed by atoms with Crippen LogP contribution in [0.15, 0.2) is 12.1 Å². The standard InChI is InChI=1S/C10H13NO4/c1-5-4-6-2-3-7(5)8(9(12)13)11(6)10(14)15/h6-8H,1-4H2,(H,12,13)(H,14,15)/i1D2. The first-order valence-electron chi connectivity index (χ1n) is 5.83. The van der Waals surface area contributed by atoms with E-state index in [-0.39, 0.29) is 6.53 Å². The summed E-state index contributed by atoms with van der Waals surface area (Å²) in [5.41, 5.74) is 0.478. The maximum Gasteiger partial charge on any atom is 0.408 e. The summed E-state index contributed by atoms with van der Waals surface area (Å²) in [6.07, 6.45) is 0.241. The molecule has 82 valence electrons. The highest BCUT2D eigenvalue weighted by Crippen LogP contribution is 2.42. The van der Waals surface area contributed by atoms with Gasteiger partial charge in [-0.05, 0) is 19.3 Å². The number of piperidine rings is 2. The molecule has 1 amide bonds. The zero-order chi connectivity index (χ0) is 12.7. The highest BCUT2D eigenvalue weighted by atomic mass is 16.4. The molecule has 5 heteroatoms. The second-order valence-electron chi connectivity index (χ2n) is 4.04. The smallest absolute Gasteiger partial charge is 0.408 e. The number of rotatable bonds is 1. The molecule has 15 heavy (non-hydrogen) atoms. The van der Waals surface area contributed by atoms with Gasteiger partial charge in [0.25, 0.3) is 0 Å². The van der Waals surface area contributed by atoms with Gasteiger partial charge in [-0.25, -0.2) is 9.59 Å². The fourth-order valence-corrected chi connectivity index (χ4v) is 2.63. The van der Waals surface area contributed by atoms with Crippen molar-refractivity contribution < 1.29 is 22.5 Å². The second kappa shape index (κ2) is 3.25. The van der Waals surface area contributed by atoms with Crippen molar-refractivity contribution >= 4 is 12.1 Å². The lowest BCUT2D eigenvalue weighted by Gasteiger charge is -2.49. The Labute approximate surface area is 89.8 Å². The zero-order valence-electron chi connectivity index (χ0n) is 10.0. The van der Waals surface area contributed by atoms with Crippen LogP contribution in [0.1, 0.15) is 22.0 Å². The monoisotopic (exact) mass is 213 g/mol. The summed E-state index contributed by atoms with van der Waals surface area (Å²) >= 11 is 0. The Bertz CT molecular complexity index is 405. The van der Waals surface area contributed by atoms with Crippen molar-refractivity contribution in [2.24, 2.45) is 5.92 Å². The van der Waals surface area contributed by atoms with Gasteiger partial charge in [-0.15, -0.1) is 0 Å². The van der Waals surface area contributed by atoms with E-state index in [9.17, 15) is 9.59 Å². The third-order valence-corrected chi connectivity index (χ3v) is 3.26. The van der Waals surface area contributed by atoms with Crippen molar-refractivity contribution in [2.75, 3.05) is 0 Å². The largest absolute Gasteiger partial charge is 0.480 e. The molecule has 3 aliphatic rings. The summed E-state index contributed by atoms with van der Waals surface area (Å²) < 4.78 is 14.6. The van der Waals surface area contributed by atoms with Crippen molar-refractivity contribution in [3.8, 4) is 0 Å². The van der Waals surface area contributed by atoms with Gasteiger partial charge < -0.3 is 10.2 Å². The molecule has 0 spiro atoms. The third kappa shape index (κ3) is 1.38. The van der Waals surface area contributed by atoms with E-state index < -0.39 is 30.1 Å². The summed E-state index contributed by atoms with van der Waals surface area (Å²) in [6.45, 7) is -0.365. The van der Waals surface area contributed by atoms with Crippen LogP contribution in [0, 0.1) is 5.92 Å². The summed E-state index contributed by atoms with van der Waals surface area (Å²) in [5, 5.41) is 18.2. The van der Waals surface area contributed by atoms with E-state index in [1.807, 2.05) is 0 Å². The number of carboxylic acid groups (broad SMARTS) is 2. The first kappa shape index (κ1) is 7.73. The van der Waals surface area contributed by atoms with Crippen LogP contribution < -0.4 is 0 Å².